The lowest BCUT2D eigenvalue weighted by atomic mass is 10.1. The van der Waals surface area contributed by atoms with Gasteiger partial charge in [-0.1, -0.05) is 0 Å². The molecule has 1 radical (unpaired) electrons. The fraction of sp³-hybridized carbons (Fsp3) is 0.125. The fourth-order valence-electron chi connectivity index (χ4n) is 0.752. The van der Waals surface area contributed by atoms with E-state index in [-0.39, 0.29) is 5.56 Å². The third-order valence-electron chi connectivity index (χ3n) is 1.27. The average Bonchev–Trinajstić information content (AvgIpc) is 2.01. The predicted molar refractivity (Wildman–Crippen MR) is 35.0 cm³/mol. The summed E-state index contributed by atoms with van der Waals surface area (Å²) in [5.74, 6) is -1.19. The molecule has 0 amide bonds. The molecule has 67 valence electrons. The van der Waals surface area contributed by atoms with Crippen molar-refractivity contribution in [3.8, 4) is 6.07 Å². The van der Waals surface area contributed by atoms with E-state index in [0.29, 0.717) is 12.1 Å². The number of nitrogens with zero attached hydrogens (tertiary/aromatic N) is 1. The molecule has 0 fully saturated rings. The zero-order valence-corrected chi connectivity index (χ0v) is 6.11. The van der Waals surface area contributed by atoms with Gasteiger partial charge in [-0.25, -0.2) is 4.39 Å². The van der Waals surface area contributed by atoms with Crippen molar-refractivity contribution >= 4 is 0 Å². The second-order valence-electron chi connectivity index (χ2n) is 2.24. The minimum Gasteiger partial charge on any atom is -0.206 e. The largest absolute Gasteiger partial charge is 0.417 e. The highest BCUT2D eigenvalue weighted by Gasteiger charge is 2.31. The molecule has 5 heteroatoms. The third kappa shape index (κ3) is 2.18. The van der Waals surface area contributed by atoms with E-state index in [4.69, 9.17) is 5.26 Å². The maximum atomic E-state index is 12.4. The zero-order chi connectivity index (χ0) is 10.1. The van der Waals surface area contributed by atoms with Crippen LogP contribution in [0.5, 0.6) is 0 Å². The highest BCUT2D eigenvalue weighted by atomic mass is 19.4. The molecule has 0 aliphatic heterocycles. The van der Waals surface area contributed by atoms with Crippen LogP contribution < -0.4 is 0 Å². The van der Waals surface area contributed by atoms with Crippen molar-refractivity contribution in [3.63, 3.8) is 0 Å². The normalized spacial score (nSPS) is 11.0. The van der Waals surface area contributed by atoms with Crippen LogP contribution in [0.25, 0.3) is 0 Å². The van der Waals surface area contributed by atoms with Crippen LogP contribution >= 0.6 is 0 Å². The summed E-state index contributed by atoms with van der Waals surface area (Å²) in [4.78, 5) is 0. The third-order valence-corrected chi connectivity index (χ3v) is 1.27. The second kappa shape index (κ2) is 3.05. The lowest BCUT2D eigenvalue weighted by molar-refractivity contribution is -0.138. The summed E-state index contributed by atoms with van der Waals surface area (Å²) < 4.78 is 48.4. The van der Waals surface area contributed by atoms with E-state index in [1.807, 2.05) is 0 Å². The maximum Gasteiger partial charge on any atom is 0.417 e. The van der Waals surface area contributed by atoms with Gasteiger partial charge in [0.1, 0.15) is 5.82 Å². The first kappa shape index (κ1) is 9.52. The monoisotopic (exact) mass is 188 g/mol. The summed E-state index contributed by atoms with van der Waals surface area (Å²) in [5.41, 5.74) is -1.65. The van der Waals surface area contributed by atoms with Crippen LogP contribution in [0.3, 0.4) is 0 Å². The quantitative estimate of drug-likeness (QED) is 0.574. The summed E-state index contributed by atoms with van der Waals surface area (Å²) in [5, 5.41) is 8.25. The molecule has 0 atom stereocenters. The standard InChI is InChI=1S/C8H2F4N/c9-7-2-5(4-13)1-6(3-7)8(10,11)12/h1-2H. The van der Waals surface area contributed by atoms with Crippen LogP contribution in [-0.2, 0) is 6.18 Å². The van der Waals surface area contributed by atoms with Gasteiger partial charge in [-0.15, -0.1) is 0 Å². The number of hydrogen-bond acceptors (Lipinski definition) is 1. The lowest BCUT2D eigenvalue weighted by Crippen LogP contribution is -2.06. The van der Waals surface area contributed by atoms with E-state index in [9.17, 15) is 17.6 Å². The molecular weight excluding hydrogens is 186 g/mol. The molecule has 0 aliphatic carbocycles. The maximum absolute atomic E-state index is 12.4. The van der Waals surface area contributed by atoms with Crippen molar-refractivity contribution in [1.82, 2.24) is 0 Å². The topological polar surface area (TPSA) is 23.8 Å². The first-order valence-corrected chi connectivity index (χ1v) is 3.13. The first-order valence-electron chi connectivity index (χ1n) is 3.13. The molecule has 0 bridgehead atoms. The molecule has 1 rings (SSSR count). The Labute approximate surface area is 71.2 Å². The number of hydrogen-bond donors (Lipinski definition) is 0. The molecular formula is C8H2F4N. The van der Waals surface area contributed by atoms with E-state index in [2.05, 4.69) is 0 Å². The van der Waals surface area contributed by atoms with Gasteiger partial charge in [0.15, 0.2) is 0 Å². The van der Waals surface area contributed by atoms with Crippen molar-refractivity contribution < 1.29 is 17.6 Å². The van der Waals surface area contributed by atoms with Crippen molar-refractivity contribution in [2.75, 3.05) is 0 Å². The Morgan fingerprint density at radius 3 is 2.38 bits per heavy atom. The molecule has 1 aromatic rings. The summed E-state index contributed by atoms with van der Waals surface area (Å²) in [7, 11) is 0. The Morgan fingerprint density at radius 1 is 1.31 bits per heavy atom. The van der Waals surface area contributed by atoms with Gasteiger partial charge in [0, 0.05) is 6.07 Å². The Balaban J connectivity index is 3.26. The average molecular weight is 188 g/mol. The Bertz CT molecular complexity index is 361. The van der Waals surface area contributed by atoms with Gasteiger partial charge in [-0.3, -0.25) is 0 Å². The van der Waals surface area contributed by atoms with Crippen molar-refractivity contribution in [3.05, 3.63) is 35.1 Å². The zero-order valence-electron chi connectivity index (χ0n) is 6.11. The summed E-state index contributed by atoms with van der Waals surface area (Å²) in [6.45, 7) is 0. The van der Waals surface area contributed by atoms with E-state index in [1.54, 1.807) is 0 Å². The number of benzene rings is 1. The number of nitriles is 1. The van der Waals surface area contributed by atoms with Gasteiger partial charge in [-0.2, -0.15) is 18.4 Å². The van der Waals surface area contributed by atoms with Gasteiger partial charge in [0.2, 0.25) is 0 Å². The molecule has 0 saturated carbocycles. The van der Waals surface area contributed by atoms with E-state index < -0.39 is 17.6 Å². The number of halogens is 4. The van der Waals surface area contributed by atoms with Gasteiger partial charge >= 0.3 is 6.18 Å². The Kier molecular flexibility index (Phi) is 2.24. The molecule has 1 nitrogen and oxygen atoms in total. The van der Waals surface area contributed by atoms with Crippen LogP contribution in [0.1, 0.15) is 11.1 Å². The van der Waals surface area contributed by atoms with Gasteiger partial charge < -0.3 is 0 Å². The Hall–Kier alpha value is -1.57. The molecule has 0 aliphatic rings. The fourth-order valence-corrected chi connectivity index (χ4v) is 0.752. The van der Waals surface area contributed by atoms with E-state index in [0.717, 1.165) is 0 Å². The number of alkyl halides is 3. The highest BCUT2D eigenvalue weighted by molar-refractivity contribution is 5.34. The number of rotatable bonds is 0. The minimum absolute atomic E-state index is 0.372. The summed E-state index contributed by atoms with van der Waals surface area (Å²) >= 11 is 0. The van der Waals surface area contributed by atoms with Gasteiger partial charge in [0.25, 0.3) is 0 Å². The van der Waals surface area contributed by atoms with Crippen molar-refractivity contribution in [2.45, 2.75) is 6.18 Å². The summed E-state index contributed by atoms with van der Waals surface area (Å²) in [6, 6.07) is 4.13. The first-order chi connectivity index (χ1) is 5.93. The summed E-state index contributed by atoms with van der Waals surface area (Å²) in [6.07, 6.45) is -4.67. The van der Waals surface area contributed by atoms with Crippen molar-refractivity contribution in [1.29, 1.82) is 5.26 Å². The molecule has 13 heavy (non-hydrogen) atoms. The van der Waals surface area contributed by atoms with E-state index in [1.165, 1.54) is 12.1 Å². The van der Waals surface area contributed by atoms with Crippen LogP contribution in [0.4, 0.5) is 17.6 Å². The lowest BCUT2D eigenvalue weighted by Gasteiger charge is -2.05. The highest BCUT2D eigenvalue weighted by Crippen LogP contribution is 2.29. The van der Waals surface area contributed by atoms with Crippen LogP contribution in [0.15, 0.2) is 12.1 Å². The van der Waals surface area contributed by atoms with Crippen LogP contribution in [-0.4, -0.2) is 0 Å². The van der Waals surface area contributed by atoms with Gasteiger partial charge in [0.05, 0.1) is 17.2 Å². The molecule has 0 unspecified atom stereocenters. The Morgan fingerprint density at radius 2 is 1.92 bits per heavy atom. The molecule has 0 N–H and O–H groups in total. The van der Waals surface area contributed by atoms with Crippen molar-refractivity contribution in [2.24, 2.45) is 0 Å². The van der Waals surface area contributed by atoms with Crippen LogP contribution in [0.2, 0.25) is 0 Å². The van der Waals surface area contributed by atoms with E-state index >= 15 is 0 Å². The minimum atomic E-state index is -4.67. The molecule has 0 aromatic heterocycles. The van der Waals surface area contributed by atoms with Crippen LogP contribution in [0, 0.1) is 23.2 Å². The smallest absolute Gasteiger partial charge is 0.206 e. The molecule has 0 heterocycles. The molecule has 0 spiro atoms. The molecule has 0 saturated heterocycles. The SMILES string of the molecule is N#Cc1cc(F)[c]c(C(F)(F)F)c1. The molecule has 1 aromatic carbocycles. The predicted octanol–water partition coefficient (Wildman–Crippen LogP) is 2.52. The second-order valence-corrected chi connectivity index (χ2v) is 2.24. The van der Waals surface area contributed by atoms with Gasteiger partial charge in [-0.05, 0) is 12.1 Å².